The number of halogens is 1. The largest absolute Gasteiger partial charge is 0.495 e. The summed E-state index contributed by atoms with van der Waals surface area (Å²) in [6.07, 6.45) is 0. The molecule has 0 heterocycles. The maximum atomic E-state index is 11.9. The fourth-order valence-corrected chi connectivity index (χ4v) is 2.56. The first kappa shape index (κ1) is 15.4. The van der Waals surface area contributed by atoms with Crippen molar-refractivity contribution in [1.29, 1.82) is 0 Å². The minimum atomic E-state index is -3.88. The molecule has 0 spiro atoms. The predicted octanol–water partition coefficient (Wildman–Crippen LogP) is 1.63. The first-order valence-corrected chi connectivity index (χ1v) is 6.79. The second kappa shape index (κ2) is 6.00. The van der Waals surface area contributed by atoms with Crippen LogP contribution in [0.2, 0.25) is 0 Å². The highest BCUT2D eigenvalue weighted by Crippen LogP contribution is 2.28. The van der Waals surface area contributed by atoms with Gasteiger partial charge in [0.25, 0.3) is 5.69 Å². The molecule has 0 atom stereocenters. The first-order chi connectivity index (χ1) is 8.77. The summed E-state index contributed by atoms with van der Waals surface area (Å²) in [6.45, 7) is 3.20. The summed E-state index contributed by atoms with van der Waals surface area (Å²) < 4.78 is 30.9. The van der Waals surface area contributed by atoms with Gasteiger partial charge in [0.1, 0.15) is 10.6 Å². The lowest BCUT2D eigenvalue weighted by Gasteiger charge is -2.10. The molecule has 0 aliphatic rings. The van der Waals surface area contributed by atoms with Gasteiger partial charge >= 0.3 is 0 Å². The number of nitrogens with zero attached hydrogens (tertiary/aromatic N) is 1. The fourth-order valence-electron chi connectivity index (χ4n) is 1.24. The minimum absolute atomic E-state index is 0.115. The van der Waals surface area contributed by atoms with Crippen molar-refractivity contribution < 1.29 is 18.1 Å². The quantitative estimate of drug-likeness (QED) is 0.636. The molecule has 0 amide bonds. The van der Waals surface area contributed by atoms with Gasteiger partial charge in [-0.1, -0.05) is 18.2 Å². The van der Waals surface area contributed by atoms with Crippen molar-refractivity contribution in [1.82, 2.24) is 4.72 Å². The van der Waals surface area contributed by atoms with E-state index in [9.17, 15) is 18.5 Å². The second-order valence-corrected chi connectivity index (χ2v) is 5.70. The number of methoxy groups -OCH3 is 1. The molecule has 7 nitrogen and oxygen atoms in total. The predicted molar refractivity (Wildman–Crippen MR) is 69.8 cm³/mol. The number of hydrogen-bond donors (Lipinski definition) is 1. The Hall–Kier alpha value is -1.64. The normalized spacial score (nSPS) is 11.1. The molecule has 0 saturated carbocycles. The van der Waals surface area contributed by atoms with Crippen LogP contribution in [0.15, 0.2) is 34.7 Å². The zero-order chi connectivity index (χ0) is 14.6. The molecular weight excluding hydrogens is 296 g/mol. The Morgan fingerprint density at radius 2 is 2.21 bits per heavy atom. The number of nitro benzene ring substituents is 1. The summed E-state index contributed by atoms with van der Waals surface area (Å²) in [7, 11) is -2.66. The fraction of sp³-hybridized carbons (Fsp3) is 0.200. The van der Waals surface area contributed by atoms with Gasteiger partial charge in [0.05, 0.1) is 18.1 Å². The summed E-state index contributed by atoms with van der Waals surface area (Å²) in [4.78, 5) is 9.75. The Bertz CT molecular complexity index is 614. The number of nitro groups is 1. The van der Waals surface area contributed by atoms with Crippen LogP contribution < -0.4 is 9.46 Å². The topological polar surface area (TPSA) is 98.5 Å². The lowest BCUT2D eigenvalue weighted by atomic mass is 10.3. The molecule has 9 heteroatoms. The van der Waals surface area contributed by atoms with Gasteiger partial charge in [0.15, 0.2) is 0 Å². The molecule has 0 bridgehead atoms. The molecule has 1 aromatic rings. The van der Waals surface area contributed by atoms with Gasteiger partial charge < -0.3 is 4.74 Å². The number of non-ortho nitro benzene ring substituents is 1. The van der Waals surface area contributed by atoms with Gasteiger partial charge in [-0.15, -0.1) is 0 Å². The number of rotatable bonds is 6. The number of ether oxygens (including phenoxy) is 1. The molecular formula is C10H11ClN2O5S. The van der Waals surface area contributed by atoms with E-state index in [-0.39, 0.29) is 27.9 Å². The highest BCUT2D eigenvalue weighted by atomic mass is 35.5. The molecule has 0 radical (unpaired) electrons. The first-order valence-electron chi connectivity index (χ1n) is 4.93. The van der Waals surface area contributed by atoms with Gasteiger partial charge in [-0.3, -0.25) is 10.1 Å². The second-order valence-electron chi connectivity index (χ2n) is 3.43. The van der Waals surface area contributed by atoms with Crippen LogP contribution in [-0.2, 0) is 10.0 Å². The van der Waals surface area contributed by atoms with E-state index in [4.69, 9.17) is 16.3 Å². The number of sulfonamides is 1. The molecule has 104 valence electrons. The molecule has 1 aromatic carbocycles. The Kier molecular flexibility index (Phi) is 4.87. The Labute approximate surface area is 115 Å². The molecule has 1 N–H and O–H groups in total. The maximum absolute atomic E-state index is 11.9. The van der Waals surface area contributed by atoms with Crippen LogP contribution in [0.1, 0.15) is 0 Å². The Morgan fingerprint density at radius 3 is 2.68 bits per heavy atom. The molecule has 0 saturated heterocycles. The van der Waals surface area contributed by atoms with E-state index in [2.05, 4.69) is 11.3 Å². The Morgan fingerprint density at radius 1 is 1.58 bits per heavy atom. The smallest absolute Gasteiger partial charge is 0.273 e. The summed E-state index contributed by atoms with van der Waals surface area (Å²) in [6, 6.07) is 3.20. The number of nitrogens with one attached hydrogen (secondary N) is 1. The Balaban J connectivity index is 3.19. The van der Waals surface area contributed by atoms with E-state index in [1.54, 1.807) is 0 Å². The van der Waals surface area contributed by atoms with E-state index in [0.29, 0.717) is 0 Å². The summed E-state index contributed by atoms with van der Waals surface area (Å²) in [5.41, 5.74) is -0.266. The third kappa shape index (κ3) is 3.91. The van der Waals surface area contributed by atoms with Crippen molar-refractivity contribution in [3.05, 3.63) is 39.9 Å². The molecule has 0 fully saturated rings. The third-order valence-electron chi connectivity index (χ3n) is 2.10. The molecule has 19 heavy (non-hydrogen) atoms. The van der Waals surface area contributed by atoms with Crippen LogP contribution in [0.4, 0.5) is 5.69 Å². The number of benzene rings is 1. The lowest BCUT2D eigenvalue weighted by Crippen LogP contribution is -2.25. The summed E-state index contributed by atoms with van der Waals surface area (Å²) in [5.74, 6) is -0.123. The van der Waals surface area contributed by atoms with Gasteiger partial charge in [0, 0.05) is 17.6 Å². The monoisotopic (exact) mass is 306 g/mol. The van der Waals surface area contributed by atoms with E-state index in [1.165, 1.54) is 7.11 Å². The maximum Gasteiger partial charge on any atom is 0.273 e. The van der Waals surface area contributed by atoms with Crippen LogP contribution in [-0.4, -0.2) is 27.0 Å². The van der Waals surface area contributed by atoms with Crippen LogP contribution in [0.3, 0.4) is 0 Å². The van der Waals surface area contributed by atoms with Gasteiger partial charge in [0.2, 0.25) is 10.0 Å². The highest BCUT2D eigenvalue weighted by molar-refractivity contribution is 7.89. The van der Waals surface area contributed by atoms with Crippen molar-refractivity contribution in [3.63, 3.8) is 0 Å². The molecule has 0 unspecified atom stereocenters. The van der Waals surface area contributed by atoms with Crippen molar-refractivity contribution in [3.8, 4) is 5.75 Å². The summed E-state index contributed by atoms with van der Waals surface area (Å²) >= 11 is 5.47. The zero-order valence-electron chi connectivity index (χ0n) is 9.92. The molecule has 0 aliphatic heterocycles. The highest BCUT2D eigenvalue weighted by Gasteiger charge is 2.21. The minimum Gasteiger partial charge on any atom is -0.495 e. The van der Waals surface area contributed by atoms with Crippen LogP contribution >= 0.6 is 11.6 Å². The molecule has 1 rings (SSSR count). The lowest BCUT2D eigenvalue weighted by molar-refractivity contribution is -0.385. The van der Waals surface area contributed by atoms with Crippen LogP contribution in [0.5, 0.6) is 5.75 Å². The van der Waals surface area contributed by atoms with E-state index < -0.39 is 14.9 Å². The zero-order valence-corrected chi connectivity index (χ0v) is 11.5. The number of hydrogen-bond acceptors (Lipinski definition) is 5. The summed E-state index contributed by atoms with van der Waals surface area (Å²) in [5, 5.41) is 10.7. The van der Waals surface area contributed by atoms with Crippen molar-refractivity contribution in [2.24, 2.45) is 0 Å². The van der Waals surface area contributed by atoms with Crippen molar-refractivity contribution in [2.75, 3.05) is 13.7 Å². The van der Waals surface area contributed by atoms with Crippen molar-refractivity contribution in [2.45, 2.75) is 4.90 Å². The standard InChI is InChI=1S/C10H11ClN2O5S/c1-7(11)6-12-19(16,17)10-4-3-8(13(14)15)5-9(10)18-2/h3-5,12H,1,6H2,2H3. The van der Waals surface area contributed by atoms with Gasteiger partial charge in [-0.2, -0.15) is 0 Å². The van der Waals surface area contributed by atoms with E-state index in [1.807, 2.05) is 0 Å². The van der Waals surface area contributed by atoms with E-state index in [0.717, 1.165) is 18.2 Å². The van der Waals surface area contributed by atoms with Gasteiger partial charge in [-0.05, 0) is 6.07 Å². The van der Waals surface area contributed by atoms with Crippen LogP contribution in [0, 0.1) is 10.1 Å². The molecule has 0 aliphatic carbocycles. The van der Waals surface area contributed by atoms with Gasteiger partial charge in [-0.25, -0.2) is 13.1 Å². The van der Waals surface area contributed by atoms with Crippen LogP contribution in [0.25, 0.3) is 0 Å². The average molecular weight is 307 g/mol. The molecule has 0 aromatic heterocycles. The van der Waals surface area contributed by atoms with Crippen molar-refractivity contribution >= 4 is 27.3 Å². The average Bonchev–Trinajstić information content (AvgIpc) is 2.35. The van der Waals surface area contributed by atoms with E-state index >= 15 is 0 Å². The SMILES string of the molecule is C=C(Cl)CNS(=O)(=O)c1ccc([N+](=O)[O-])cc1OC. The third-order valence-corrected chi connectivity index (χ3v) is 3.68.